The molecular formula is C11H20N2OS. The number of nitrogens with zero attached hydrogens (tertiary/aromatic N) is 1. The van der Waals surface area contributed by atoms with Crippen molar-refractivity contribution >= 4 is 22.6 Å². The highest BCUT2D eigenvalue weighted by atomic mass is 32.2. The zero-order valence-electron chi connectivity index (χ0n) is 10.2. The zero-order valence-corrected chi connectivity index (χ0v) is 11.0. The molecule has 1 heterocycles. The summed E-state index contributed by atoms with van der Waals surface area (Å²) in [6, 6.07) is 0. The lowest BCUT2D eigenvalue weighted by Crippen LogP contribution is -2.47. The lowest BCUT2D eigenvalue weighted by molar-refractivity contribution is -0.116. The normalized spacial score (nSPS) is 22.6. The van der Waals surface area contributed by atoms with Crippen molar-refractivity contribution in [3.8, 4) is 0 Å². The van der Waals surface area contributed by atoms with Gasteiger partial charge in [-0.2, -0.15) is 0 Å². The fourth-order valence-electron chi connectivity index (χ4n) is 1.74. The van der Waals surface area contributed by atoms with Gasteiger partial charge in [-0.15, -0.1) is 11.8 Å². The number of thioether (sulfide) groups is 1. The Labute approximate surface area is 96.1 Å². The number of carbonyl (C=O) groups excluding carboxylic acids is 1. The molecular weight excluding hydrogens is 208 g/mol. The molecule has 0 aromatic heterocycles. The fourth-order valence-corrected chi connectivity index (χ4v) is 3.03. The first-order chi connectivity index (χ1) is 6.73. The van der Waals surface area contributed by atoms with Gasteiger partial charge in [0.25, 0.3) is 0 Å². The Kier molecular flexibility index (Phi) is 3.61. The Bertz CT molecular complexity index is 295. The van der Waals surface area contributed by atoms with Crippen molar-refractivity contribution in [2.24, 2.45) is 4.99 Å². The number of ketones is 1. The molecule has 0 atom stereocenters. The first-order valence-electron chi connectivity index (χ1n) is 5.25. The highest BCUT2D eigenvalue weighted by Crippen LogP contribution is 2.29. The predicted octanol–water partition coefficient (Wildman–Crippen LogP) is 2.22. The molecule has 1 aliphatic heterocycles. The van der Waals surface area contributed by atoms with Crippen LogP contribution in [0.1, 0.15) is 41.0 Å². The first kappa shape index (κ1) is 12.7. The quantitative estimate of drug-likeness (QED) is 0.805. The van der Waals surface area contributed by atoms with E-state index in [1.54, 1.807) is 18.7 Å². The summed E-state index contributed by atoms with van der Waals surface area (Å²) in [7, 11) is 0. The molecule has 0 saturated carbocycles. The minimum Gasteiger partial charge on any atom is -0.300 e. The van der Waals surface area contributed by atoms with Crippen LogP contribution in [0.3, 0.4) is 0 Å². The average Bonchev–Trinajstić information content (AvgIpc) is 2.18. The molecule has 1 N–H and O–H groups in total. The topological polar surface area (TPSA) is 41.5 Å². The van der Waals surface area contributed by atoms with Crippen LogP contribution >= 0.6 is 11.8 Å². The number of nitrogens with one attached hydrogen (secondary N) is 1. The van der Waals surface area contributed by atoms with Crippen LogP contribution in [-0.2, 0) is 4.79 Å². The SMILES string of the molecule is CC(=O)CCSC1=NC(C)(C)NC1(C)C. The smallest absolute Gasteiger partial charge is 0.130 e. The largest absolute Gasteiger partial charge is 0.300 e. The maximum atomic E-state index is 10.8. The van der Waals surface area contributed by atoms with Gasteiger partial charge < -0.3 is 0 Å². The minimum absolute atomic E-state index is 0.0645. The highest BCUT2D eigenvalue weighted by Gasteiger charge is 2.38. The van der Waals surface area contributed by atoms with Gasteiger partial charge in [-0.1, -0.05) is 0 Å². The molecule has 0 aliphatic carbocycles. The molecule has 0 saturated heterocycles. The predicted molar refractivity (Wildman–Crippen MR) is 66.5 cm³/mol. The van der Waals surface area contributed by atoms with E-state index in [2.05, 4.69) is 38.0 Å². The molecule has 4 heteroatoms. The number of Topliss-reactive ketones (excluding diaryl/α,β-unsaturated/α-hetero) is 1. The third kappa shape index (κ3) is 3.61. The zero-order chi connectivity index (χ0) is 11.7. The van der Waals surface area contributed by atoms with Crippen LogP contribution in [-0.4, -0.2) is 27.8 Å². The second kappa shape index (κ2) is 4.26. The van der Waals surface area contributed by atoms with Gasteiger partial charge in [-0.3, -0.25) is 15.1 Å². The number of carbonyl (C=O) groups is 1. The maximum absolute atomic E-state index is 10.8. The van der Waals surface area contributed by atoms with Crippen LogP contribution in [0, 0.1) is 0 Å². The van der Waals surface area contributed by atoms with Crippen molar-refractivity contribution in [2.45, 2.75) is 52.2 Å². The summed E-state index contributed by atoms with van der Waals surface area (Å²) < 4.78 is 0. The molecule has 0 bridgehead atoms. The molecule has 0 spiro atoms. The van der Waals surface area contributed by atoms with E-state index in [-0.39, 0.29) is 17.0 Å². The summed E-state index contributed by atoms with van der Waals surface area (Å²) >= 11 is 1.69. The second-order valence-electron chi connectivity index (χ2n) is 5.03. The Morgan fingerprint density at radius 3 is 2.40 bits per heavy atom. The van der Waals surface area contributed by atoms with Crippen molar-refractivity contribution in [1.82, 2.24) is 5.32 Å². The molecule has 0 aromatic carbocycles. The Morgan fingerprint density at radius 1 is 1.40 bits per heavy atom. The van der Waals surface area contributed by atoms with Crippen molar-refractivity contribution in [3.05, 3.63) is 0 Å². The summed E-state index contributed by atoms with van der Waals surface area (Å²) in [5.41, 5.74) is -0.243. The summed E-state index contributed by atoms with van der Waals surface area (Å²) in [4.78, 5) is 15.5. The van der Waals surface area contributed by atoms with Crippen LogP contribution in [0.4, 0.5) is 0 Å². The van der Waals surface area contributed by atoms with Crippen LogP contribution in [0.25, 0.3) is 0 Å². The number of hydrogen-bond acceptors (Lipinski definition) is 4. The molecule has 86 valence electrons. The summed E-state index contributed by atoms with van der Waals surface area (Å²) in [5, 5.41) is 4.55. The molecule has 0 amide bonds. The lowest BCUT2D eigenvalue weighted by atomic mass is 10.1. The van der Waals surface area contributed by atoms with Gasteiger partial charge in [-0.25, -0.2) is 0 Å². The van der Waals surface area contributed by atoms with Crippen molar-refractivity contribution < 1.29 is 4.79 Å². The van der Waals surface area contributed by atoms with Crippen LogP contribution < -0.4 is 5.32 Å². The average molecular weight is 228 g/mol. The first-order valence-corrected chi connectivity index (χ1v) is 6.23. The number of hydrogen-bond donors (Lipinski definition) is 1. The number of rotatable bonds is 3. The number of aliphatic imine (C=N–C) groups is 1. The van der Waals surface area contributed by atoms with E-state index in [0.29, 0.717) is 6.42 Å². The molecule has 1 aliphatic rings. The van der Waals surface area contributed by atoms with E-state index in [4.69, 9.17) is 0 Å². The Balaban J connectivity index is 2.57. The van der Waals surface area contributed by atoms with Crippen molar-refractivity contribution in [2.75, 3.05) is 5.75 Å². The minimum atomic E-state index is -0.179. The summed E-state index contributed by atoms with van der Waals surface area (Å²) in [6.45, 7) is 10.0. The van der Waals surface area contributed by atoms with Gasteiger partial charge in [0.2, 0.25) is 0 Å². The van der Waals surface area contributed by atoms with Gasteiger partial charge >= 0.3 is 0 Å². The van der Waals surface area contributed by atoms with Gasteiger partial charge in [0.1, 0.15) is 11.4 Å². The molecule has 0 unspecified atom stereocenters. The molecule has 0 aromatic rings. The van der Waals surface area contributed by atoms with E-state index in [0.717, 1.165) is 10.8 Å². The van der Waals surface area contributed by atoms with Crippen molar-refractivity contribution in [3.63, 3.8) is 0 Å². The van der Waals surface area contributed by atoms with Gasteiger partial charge in [-0.05, 0) is 34.6 Å². The second-order valence-corrected chi connectivity index (χ2v) is 6.11. The van der Waals surface area contributed by atoms with E-state index in [1.165, 1.54) is 0 Å². The van der Waals surface area contributed by atoms with Gasteiger partial charge in [0.15, 0.2) is 0 Å². The molecule has 0 fully saturated rings. The van der Waals surface area contributed by atoms with Crippen LogP contribution in [0.2, 0.25) is 0 Å². The third-order valence-corrected chi connectivity index (χ3v) is 3.51. The highest BCUT2D eigenvalue weighted by molar-refractivity contribution is 8.14. The molecule has 1 rings (SSSR count). The van der Waals surface area contributed by atoms with E-state index < -0.39 is 0 Å². The van der Waals surface area contributed by atoms with Crippen LogP contribution in [0.15, 0.2) is 4.99 Å². The molecule has 0 radical (unpaired) electrons. The van der Waals surface area contributed by atoms with Crippen LogP contribution in [0.5, 0.6) is 0 Å². The third-order valence-electron chi connectivity index (χ3n) is 2.23. The standard InChI is InChI=1S/C11H20N2OS/c1-8(14)6-7-15-9-10(2,3)13-11(4,5)12-9/h13H,6-7H2,1-5H3. The summed E-state index contributed by atoms with van der Waals surface area (Å²) in [6.07, 6.45) is 0.625. The van der Waals surface area contributed by atoms with Gasteiger partial charge in [0, 0.05) is 12.2 Å². The Hall–Kier alpha value is -0.350. The molecule has 15 heavy (non-hydrogen) atoms. The fraction of sp³-hybridized carbons (Fsp3) is 0.818. The van der Waals surface area contributed by atoms with Gasteiger partial charge in [0.05, 0.1) is 10.6 Å². The maximum Gasteiger partial charge on any atom is 0.130 e. The van der Waals surface area contributed by atoms with E-state index >= 15 is 0 Å². The van der Waals surface area contributed by atoms with E-state index in [1.807, 2.05) is 0 Å². The molecule has 3 nitrogen and oxygen atoms in total. The Morgan fingerprint density at radius 2 is 2.00 bits per heavy atom. The lowest BCUT2D eigenvalue weighted by Gasteiger charge is -2.24. The van der Waals surface area contributed by atoms with E-state index in [9.17, 15) is 4.79 Å². The summed E-state index contributed by atoms with van der Waals surface area (Å²) in [5.74, 6) is 1.07. The monoisotopic (exact) mass is 228 g/mol. The van der Waals surface area contributed by atoms with Crippen molar-refractivity contribution in [1.29, 1.82) is 0 Å².